The Morgan fingerprint density at radius 3 is 2.26 bits per heavy atom. The Bertz CT molecular complexity index is 1060. The summed E-state index contributed by atoms with van der Waals surface area (Å²) < 4.78 is 7.70. The van der Waals surface area contributed by atoms with E-state index in [1.54, 1.807) is 0 Å². The average Bonchev–Trinajstić information content (AvgIpc) is 3.43. The third-order valence-electron chi connectivity index (χ3n) is 5.94. The smallest absolute Gasteiger partial charge is 0.340 e. The molecule has 1 aliphatic rings. The summed E-state index contributed by atoms with van der Waals surface area (Å²) in [5, 5.41) is 0. The average molecular weight is 417 g/mol. The van der Waals surface area contributed by atoms with Crippen molar-refractivity contribution in [2.75, 3.05) is 13.1 Å². The lowest BCUT2D eigenvalue weighted by atomic mass is 10.1. The number of carbonyl (C=O) groups excluding carboxylic acids is 2. The van der Waals surface area contributed by atoms with Crippen molar-refractivity contribution >= 4 is 11.9 Å². The first-order valence-corrected chi connectivity index (χ1v) is 10.8. The van der Waals surface area contributed by atoms with Crippen LogP contribution in [0.5, 0.6) is 0 Å². The Morgan fingerprint density at radius 1 is 0.903 bits per heavy atom. The van der Waals surface area contributed by atoms with Crippen molar-refractivity contribution in [3.05, 3.63) is 94.3 Å². The number of carbonyl (C=O) groups is 2. The maximum absolute atomic E-state index is 12.7. The maximum Gasteiger partial charge on any atom is 0.340 e. The second kappa shape index (κ2) is 9.21. The molecule has 0 N–H and O–H groups in total. The zero-order valence-corrected chi connectivity index (χ0v) is 18.1. The van der Waals surface area contributed by atoms with Crippen molar-refractivity contribution in [2.45, 2.75) is 39.8 Å². The van der Waals surface area contributed by atoms with Crippen LogP contribution in [0.3, 0.4) is 0 Å². The Kier molecular flexibility index (Phi) is 6.21. The van der Waals surface area contributed by atoms with E-state index in [9.17, 15) is 9.59 Å². The predicted molar refractivity (Wildman–Crippen MR) is 120 cm³/mol. The Morgan fingerprint density at radius 2 is 1.58 bits per heavy atom. The van der Waals surface area contributed by atoms with Crippen molar-refractivity contribution in [2.24, 2.45) is 0 Å². The number of nitrogens with zero attached hydrogens (tertiary/aromatic N) is 2. The second-order valence-corrected chi connectivity index (χ2v) is 8.13. The highest BCUT2D eigenvalue weighted by molar-refractivity contribution is 5.94. The summed E-state index contributed by atoms with van der Waals surface area (Å²) in [7, 11) is 0. The van der Waals surface area contributed by atoms with Crippen LogP contribution in [0.15, 0.2) is 60.7 Å². The van der Waals surface area contributed by atoms with E-state index in [0.717, 1.165) is 49.4 Å². The number of esters is 1. The van der Waals surface area contributed by atoms with Gasteiger partial charge in [0.1, 0.15) is 6.61 Å². The third kappa shape index (κ3) is 4.71. The number of hydrogen-bond acceptors (Lipinski definition) is 3. The monoisotopic (exact) mass is 416 g/mol. The van der Waals surface area contributed by atoms with E-state index in [1.807, 2.05) is 67.3 Å². The largest absolute Gasteiger partial charge is 0.457 e. The van der Waals surface area contributed by atoms with Crippen LogP contribution in [0.1, 0.15) is 56.1 Å². The van der Waals surface area contributed by atoms with E-state index in [0.29, 0.717) is 11.1 Å². The summed E-state index contributed by atoms with van der Waals surface area (Å²) in [4.78, 5) is 27.0. The van der Waals surface area contributed by atoms with Crippen LogP contribution in [0.2, 0.25) is 0 Å². The normalized spacial score (nSPS) is 13.4. The molecule has 3 aromatic rings. The summed E-state index contributed by atoms with van der Waals surface area (Å²) in [6.45, 7) is 6.52. The minimum atomic E-state index is -0.329. The topological polar surface area (TPSA) is 51.5 Å². The molecule has 5 nitrogen and oxygen atoms in total. The van der Waals surface area contributed by atoms with Crippen molar-refractivity contribution < 1.29 is 14.3 Å². The number of hydrogen-bond donors (Lipinski definition) is 0. The molecular formula is C26H28N2O3. The fourth-order valence-corrected chi connectivity index (χ4v) is 4.09. The molecule has 0 aliphatic carbocycles. The Hall–Kier alpha value is -3.34. The van der Waals surface area contributed by atoms with Gasteiger partial charge in [-0.25, -0.2) is 4.79 Å². The van der Waals surface area contributed by atoms with Crippen LogP contribution in [0.25, 0.3) is 0 Å². The predicted octanol–water partition coefficient (Wildman–Crippen LogP) is 4.75. The molecule has 0 spiro atoms. The standard InChI is InChI=1S/C26H28N2O3/c1-19-16-24(20(2)28(19)17-21-8-4-3-5-9-21)26(30)31-18-22-10-12-23(13-11-22)25(29)27-14-6-7-15-27/h3-5,8-13,16H,6-7,14-15,17-18H2,1-2H3. The van der Waals surface area contributed by atoms with Gasteiger partial charge in [0.25, 0.3) is 5.91 Å². The van der Waals surface area contributed by atoms with E-state index in [4.69, 9.17) is 4.74 Å². The molecule has 5 heteroatoms. The van der Waals surface area contributed by atoms with Crippen molar-refractivity contribution in [1.29, 1.82) is 0 Å². The molecule has 4 rings (SSSR count). The van der Waals surface area contributed by atoms with Crippen molar-refractivity contribution in [3.8, 4) is 0 Å². The lowest BCUT2D eigenvalue weighted by Crippen LogP contribution is -2.27. The molecule has 0 bridgehead atoms. The van der Waals surface area contributed by atoms with Gasteiger partial charge in [-0.15, -0.1) is 0 Å². The quantitative estimate of drug-likeness (QED) is 0.545. The molecule has 1 aromatic heterocycles. The molecule has 160 valence electrons. The van der Waals surface area contributed by atoms with Gasteiger partial charge in [-0.3, -0.25) is 4.79 Å². The molecule has 1 aliphatic heterocycles. The van der Waals surface area contributed by atoms with Gasteiger partial charge in [0.05, 0.1) is 5.56 Å². The summed E-state index contributed by atoms with van der Waals surface area (Å²) in [6, 6.07) is 19.4. The van der Waals surface area contributed by atoms with E-state index >= 15 is 0 Å². The van der Waals surface area contributed by atoms with E-state index < -0.39 is 0 Å². The van der Waals surface area contributed by atoms with Gasteiger partial charge in [0.15, 0.2) is 0 Å². The fraction of sp³-hybridized carbons (Fsp3) is 0.308. The second-order valence-electron chi connectivity index (χ2n) is 8.13. The SMILES string of the molecule is Cc1cc(C(=O)OCc2ccc(C(=O)N3CCCC3)cc2)c(C)n1Cc1ccccc1. The van der Waals surface area contributed by atoms with Crippen LogP contribution in [-0.4, -0.2) is 34.4 Å². The van der Waals surface area contributed by atoms with Crippen molar-refractivity contribution in [3.63, 3.8) is 0 Å². The number of aromatic nitrogens is 1. The molecule has 1 amide bonds. The van der Waals surface area contributed by atoms with E-state index in [2.05, 4.69) is 16.7 Å². The number of likely N-dealkylation sites (tertiary alicyclic amines) is 1. The first-order valence-electron chi connectivity index (χ1n) is 10.8. The first-order chi connectivity index (χ1) is 15.0. The summed E-state index contributed by atoms with van der Waals surface area (Å²) in [5.41, 5.74) is 5.25. The van der Waals surface area contributed by atoms with E-state index in [-0.39, 0.29) is 18.5 Å². The lowest BCUT2D eigenvalue weighted by molar-refractivity contribution is 0.0471. The number of benzene rings is 2. The third-order valence-corrected chi connectivity index (χ3v) is 5.94. The van der Waals surface area contributed by atoms with E-state index in [1.165, 1.54) is 5.56 Å². The molecule has 0 saturated carbocycles. The van der Waals surface area contributed by atoms with Crippen LogP contribution in [0, 0.1) is 13.8 Å². The highest BCUT2D eigenvalue weighted by atomic mass is 16.5. The highest BCUT2D eigenvalue weighted by Crippen LogP contribution is 2.19. The van der Waals surface area contributed by atoms with Gasteiger partial charge in [0, 0.05) is 36.6 Å². The lowest BCUT2D eigenvalue weighted by Gasteiger charge is -2.15. The van der Waals surface area contributed by atoms with Crippen molar-refractivity contribution in [1.82, 2.24) is 9.47 Å². The summed E-state index contributed by atoms with van der Waals surface area (Å²) in [5.74, 6) is -0.253. The Balaban J connectivity index is 1.38. The highest BCUT2D eigenvalue weighted by Gasteiger charge is 2.20. The number of ether oxygens (including phenoxy) is 1. The minimum Gasteiger partial charge on any atom is -0.457 e. The van der Waals surface area contributed by atoms with Crippen LogP contribution in [-0.2, 0) is 17.9 Å². The zero-order valence-electron chi connectivity index (χ0n) is 18.1. The first kappa shape index (κ1) is 20.9. The number of amides is 1. The van der Waals surface area contributed by atoms with Crippen LogP contribution < -0.4 is 0 Å². The summed E-state index contributed by atoms with van der Waals surface area (Å²) >= 11 is 0. The summed E-state index contributed by atoms with van der Waals surface area (Å²) in [6.07, 6.45) is 2.15. The maximum atomic E-state index is 12.7. The molecular weight excluding hydrogens is 388 g/mol. The van der Waals surface area contributed by atoms with Gasteiger partial charge in [-0.1, -0.05) is 42.5 Å². The van der Waals surface area contributed by atoms with Gasteiger partial charge in [-0.2, -0.15) is 0 Å². The van der Waals surface area contributed by atoms with Crippen LogP contribution >= 0.6 is 0 Å². The molecule has 1 fully saturated rings. The minimum absolute atomic E-state index is 0.0758. The molecule has 1 saturated heterocycles. The number of aryl methyl sites for hydroxylation is 1. The number of rotatable bonds is 6. The molecule has 2 heterocycles. The van der Waals surface area contributed by atoms with Gasteiger partial charge >= 0.3 is 5.97 Å². The molecule has 2 aromatic carbocycles. The Labute approximate surface area is 183 Å². The van der Waals surface area contributed by atoms with Gasteiger partial charge < -0.3 is 14.2 Å². The molecule has 31 heavy (non-hydrogen) atoms. The fourth-order valence-electron chi connectivity index (χ4n) is 4.09. The van der Waals surface area contributed by atoms with Crippen LogP contribution in [0.4, 0.5) is 0 Å². The van der Waals surface area contributed by atoms with Gasteiger partial charge in [-0.05, 0) is 56.0 Å². The molecule has 0 unspecified atom stereocenters. The zero-order chi connectivity index (χ0) is 21.8. The van der Waals surface area contributed by atoms with Gasteiger partial charge in [0.2, 0.25) is 0 Å². The molecule has 0 atom stereocenters. The molecule has 0 radical (unpaired) electrons.